The number of aryl methyl sites for hydroxylation is 1. The summed E-state index contributed by atoms with van der Waals surface area (Å²) in [5.41, 5.74) is 0.145. The summed E-state index contributed by atoms with van der Waals surface area (Å²) in [6, 6.07) is 4.73. The van der Waals surface area contributed by atoms with Crippen molar-refractivity contribution in [1.29, 1.82) is 0 Å². The molecular weight excluding hydrogens is 344 g/mol. The lowest BCUT2D eigenvalue weighted by molar-refractivity contribution is -0.387. The second kappa shape index (κ2) is 7.62. The van der Waals surface area contributed by atoms with E-state index in [1.165, 1.54) is 12.4 Å². The molecule has 1 aliphatic heterocycles. The Morgan fingerprint density at radius 2 is 2.40 bits per heavy atom. The Bertz CT molecular complexity index is 787. The molecular formula is C15H18N6O3S. The van der Waals surface area contributed by atoms with Crippen molar-refractivity contribution in [3.05, 3.63) is 40.2 Å². The molecule has 0 bridgehead atoms. The highest BCUT2D eigenvalue weighted by atomic mass is 32.2. The van der Waals surface area contributed by atoms with E-state index in [0.29, 0.717) is 16.6 Å². The second-order valence-electron chi connectivity index (χ2n) is 5.77. The largest absolute Gasteiger partial charge is 0.350 e. The van der Waals surface area contributed by atoms with Crippen LogP contribution in [0.5, 0.6) is 0 Å². The average molecular weight is 362 g/mol. The molecule has 3 rings (SSSR count). The molecule has 1 aromatic carbocycles. The normalized spacial score (nSPS) is 16.8. The van der Waals surface area contributed by atoms with Crippen molar-refractivity contribution < 1.29 is 9.72 Å². The van der Waals surface area contributed by atoms with E-state index in [0.717, 1.165) is 31.1 Å². The summed E-state index contributed by atoms with van der Waals surface area (Å²) in [6.45, 7) is 1.47. The lowest BCUT2D eigenvalue weighted by atomic mass is 10.1. The van der Waals surface area contributed by atoms with Crippen molar-refractivity contribution in [2.45, 2.75) is 28.9 Å². The highest BCUT2D eigenvalue weighted by molar-refractivity contribution is 7.99. The first-order valence-electron chi connectivity index (χ1n) is 7.86. The van der Waals surface area contributed by atoms with E-state index in [-0.39, 0.29) is 23.2 Å². The minimum atomic E-state index is -0.492. The number of nitrogens with one attached hydrogen (secondary N) is 2. The van der Waals surface area contributed by atoms with E-state index in [9.17, 15) is 14.9 Å². The van der Waals surface area contributed by atoms with Crippen LogP contribution in [0.15, 0.2) is 34.6 Å². The molecule has 1 fully saturated rings. The van der Waals surface area contributed by atoms with Gasteiger partial charge in [0.2, 0.25) is 0 Å². The van der Waals surface area contributed by atoms with Gasteiger partial charge < -0.3 is 15.2 Å². The van der Waals surface area contributed by atoms with Crippen LogP contribution in [0.4, 0.5) is 5.69 Å². The van der Waals surface area contributed by atoms with Gasteiger partial charge in [0, 0.05) is 31.3 Å². The van der Waals surface area contributed by atoms with Crippen molar-refractivity contribution in [1.82, 2.24) is 25.4 Å². The number of hydrogen-bond acceptors (Lipinski definition) is 7. The topological polar surface area (TPSA) is 115 Å². The number of carbonyl (C=O) groups is 1. The van der Waals surface area contributed by atoms with Crippen molar-refractivity contribution in [2.75, 3.05) is 13.1 Å². The predicted molar refractivity (Wildman–Crippen MR) is 91.6 cm³/mol. The Morgan fingerprint density at radius 1 is 1.56 bits per heavy atom. The Morgan fingerprint density at radius 3 is 3.04 bits per heavy atom. The third-order valence-corrected chi connectivity index (χ3v) is 5.08. The third kappa shape index (κ3) is 4.15. The van der Waals surface area contributed by atoms with Gasteiger partial charge in [0.05, 0.1) is 9.82 Å². The molecule has 0 aliphatic carbocycles. The molecule has 25 heavy (non-hydrogen) atoms. The fourth-order valence-electron chi connectivity index (χ4n) is 2.60. The number of nitro groups is 1. The molecule has 2 heterocycles. The van der Waals surface area contributed by atoms with Gasteiger partial charge in [0.25, 0.3) is 11.6 Å². The Kier molecular flexibility index (Phi) is 5.29. The molecule has 1 unspecified atom stereocenters. The van der Waals surface area contributed by atoms with Crippen LogP contribution < -0.4 is 10.6 Å². The summed E-state index contributed by atoms with van der Waals surface area (Å²) in [7, 11) is 1.76. The van der Waals surface area contributed by atoms with Gasteiger partial charge in [-0.05, 0) is 43.3 Å². The van der Waals surface area contributed by atoms with Crippen LogP contribution in [-0.4, -0.2) is 44.7 Å². The molecule has 9 nitrogen and oxygen atoms in total. The zero-order valence-corrected chi connectivity index (χ0v) is 14.5. The van der Waals surface area contributed by atoms with E-state index in [1.807, 2.05) is 0 Å². The predicted octanol–water partition coefficient (Wildman–Crippen LogP) is 1.36. The van der Waals surface area contributed by atoms with Crippen LogP contribution in [0.25, 0.3) is 0 Å². The molecule has 1 saturated heterocycles. The van der Waals surface area contributed by atoms with Crippen molar-refractivity contribution in [3.8, 4) is 0 Å². The maximum Gasteiger partial charge on any atom is 0.284 e. The van der Waals surface area contributed by atoms with Gasteiger partial charge >= 0.3 is 0 Å². The van der Waals surface area contributed by atoms with Gasteiger partial charge in [-0.1, -0.05) is 0 Å². The summed E-state index contributed by atoms with van der Waals surface area (Å²) >= 11 is 1.14. The standard InChI is InChI=1S/C15H18N6O3S/c1-20-9-18-19-15(20)25-13-5-4-10(7-12(13)21(23)24)14(22)17-8-11-3-2-6-16-11/h4-5,7,9,11,16H,2-3,6,8H2,1H3,(H,17,22). The van der Waals surface area contributed by atoms with Crippen molar-refractivity contribution >= 4 is 23.4 Å². The highest BCUT2D eigenvalue weighted by Crippen LogP contribution is 2.34. The number of hydrogen-bond donors (Lipinski definition) is 2. The summed E-state index contributed by atoms with van der Waals surface area (Å²) in [5, 5.41) is 25.7. The first-order valence-corrected chi connectivity index (χ1v) is 8.68. The van der Waals surface area contributed by atoms with Gasteiger partial charge in [0.15, 0.2) is 5.16 Å². The average Bonchev–Trinajstić information content (AvgIpc) is 3.25. The lowest BCUT2D eigenvalue weighted by Gasteiger charge is -2.11. The fraction of sp³-hybridized carbons (Fsp3) is 0.400. The summed E-state index contributed by atoms with van der Waals surface area (Å²) in [4.78, 5) is 23.6. The molecule has 2 aromatic rings. The molecule has 0 radical (unpaired) electrons. The molecule has 0 spiro atoms. The first-order chi connectivity index (χ1) is 12.0. The smallest absolute Gasteiger partial charge is 0.284 e. The monoisotopic (exact) mass is 362 g/mol. The number of benzene rings is 1. The van der Waals surface area contributed by atoms with Crippen LogP contribution >= 0.6 is 11.8 Å². The Hall–Kier alpha value is -2.46. The number of rotatable bonds is 6. The van der Waals surface area contributed by atoms with Gasteiger partial charge in [-0.2, -0.15) is 0 Å². The summed E-state index contributed by atoms with van der Waals surface area (Å²) in [6.07, 6.45) is 3.64. The van der Waals surface area contributed by atoms with E-state index < -0.39 is 4.92 Å². The van der Waals surface area contributed by atoms with Crippen molar-refractivity contribution in [3.63, 3.8) is 0 Å². The van der Waals surface area contributed by atoms with Crippen LogP contribution in [-0.2, 0) is 7.05 Å². The van der Waals surface area contributed by atoms with Crippen LogP contribution in [0.2, 0.25) is 0 Å². The minimum Gasteiger partial charge on any atom is -0.350 e. The van der Waals surface area contributed by atoms with Gasteiger partial charge in [-0.25, -0.2) is 0 Å². The molecule has 0 saturated carbocycles. The number of aromatic nitrogens is 3. The fourth-order valence-corrected chi connectivity index (χ4v) is 3.45. The maximum absolute atomic E-state index is 12.3. The van der Waals surface area contributed by atoms with Crippen LogP contribution in [0.1, 0.15) is 23.2 Å². The quantitative estimate of drug-likeness (QED) is 0.589. The zero-order valence-electron chi connectivity index (χ0n) is 13.6. The maximum atomic E-state index is 12.3. The van der Waals surface area contributed by atoms with Crippen LogP contribution in [0, 0.1) is 10.1 Å². The van der Waals surface area contributed by atoms with Crippen LogP contribution in [0.3, 0.4) is 0 Å². The zero-order chi connectivity index (χ0) is 17.8. The lowest BCUT2D eigenvalue weighted by Crippen LogP contribution is -2.37. The highest BCUT2D eigenvalue weighted by Gasteiger charge is 2.21. The molecule has 1 amide bonds. The molecule has 1 atom stereocenters. The Balaban J connectivity index is 1.75. The number of carbonyl (C=O) groups excluding carboxylic acids is 1. The summed E-state index contributed by atoms with van der Waals surface area (Å²) < 4.78 is 1.67. The Labute approximate surface area is 148 Å². The molecule has 2 N–H and O–H groups in total. The van der Waals surface area contributed by atoms with E-state index >= 15 is 0 Å². The summed E-state index contributed by atoms with van der Waals surface area (Å²) in [5.74, 6) is -0.313. The minimum absolute atomic E-state index is 0.125. The molecule has 132 valence electrons. The SMILES string of the molecule is Cn1cnnc1Sc1ccc(C(=O)NCC2CCCN2)cc1[N+](=O)[O-]. The first kappa shape index (κ1) is 17.4. The van der Waals surface area contributed by atoms with Crippen molar-refractivity contribution in [2.24, 2.45) is 7.05 Å². The van der Waals surface area contributed by atoms with E-state index in [1.54, 1.807) is 23.7 Å². The third-order valence-electron chi connectivity index (χ3n) is 3.96. The van der Waals surface area contributed by atoms with Gasteiger partial charge in [-0.3, -0.25) is 14.9 Å². The van der Waals surface area contributed by atoms with E-state index in [4.69, 9.17) is 0 Å². The van der Waals surface area contributed by atoms with Gasteiger partial charge in [-0.15, -0.1) is 10.2 Å². The second-order valence-corrected chi connectivity index (χ2v) is 6.78. The number of nitrogens with zero attached hydrogens (tertiary/aromatic N) is 4. The number of nitro benzene ring substituents is 1. The van der Waals surface area contributed by atoms with E-state index in [2.05, 4.69) is 20.8 Å². The molecule has 10 heteroatoms. The molecule has 1 aromatic heterocycles. The van der Waals surface area contributed by atoms with Gasteiger partial charge in [0.1, 0.15) is 6.33 Å². The molecule has 1 aliphatic rings. The number of amides is 1.